The summed E-state index contributed by atoms with van der Waals surface area (Å²) in [6.45, 7) is 0. The third-order valence-corrected chi connectivity index (χ3v) is 5.80. The topological polar surface area (TPSA) is 71.8 Å². The summed E-state index contributed by atoms with van der Waals surface area (Å²) in [4.78, 5) is 17.0. The van der Waals surface area contributed by atoms with Crippen LogP contribution in [0.5, 0.6) is 0 Å². The van der Waals surface area contributed by atoms with Crippen LogP contribution in [0, 0.1) is 0 Å². The van der Waals surface area contributed by atoms with Gasteiger partial charge in [-0.05, 0) is 53.1 Å². The van der Waals surface area contributed by atoms with E-state index in [2.05, 4.69) is 26.8 Å². The van der Waals surface area contributed by atoms with Crippen molar-refractivity contribution >= 4 is 52.8 Å². The number of hydrogen-bond acceptors (Lipinski definition) is 4. The molecule has 0 radical (unpaired) electrons. The lowest BCUT2D eigenvalue weighted by Gasteiger charge is -2.24. The maximum absolute atomic E-state index is 12.5. The number of benzene rings is 3. The molecule has 0 saturated heterocycles. The second-order valence-corrected chi connectivity index (χ2v) is 8.52. The summed E-state index contributed by atoms with van der Waals surface area (Å²) in [5.74, 6) is 0.401. The summed E-state index contributed by atoms with van der Waals surface area (Å²) in [5.41, 5.74) is 3.75. The highest BCUT2D eigenvalue weighted by molar-refractivity contribution is 6.30. The van der Waals surface area contributed by atoms with Crippen molar-refractivity contribution in [3.05, 3.63) is 118 Å². The second-order valence-electron chi connectivity index (χ2n) is 7.65. The highest BCUT2D eigenvalue weighted by Gasteiger charge is 2.25. The van der Waals surface area contributed by atoms with Crippen molar-refractivity contribution in [2.45, 2.75) is 6.04 Å². The summed E-state index contributed by atoms with van der Waals surface area (Å²) in [6, 6.07) is 24.6. The molecule has 1 amide bonds. The van der Waals surface area contributed by atoms with Crippen LogP contribution in [-0.4, -0.2) is 20.7 Å². The van der Waals surface area contributed by atoms with Gasteiger partial charge in [-0.2, -0.15) is 4.98 Å². The summed E-state index contributed by atoms with van der Waals surface area (Å²) in [6.07, 6.45) is 5.21. The number of nitrogens with zero attached hydrogens (tertiary/aromatic N) is 3. The predicted octanol–water partition coefficient (Wildman–Crippen LogP) is 6.29. The van der Waals surface area contributed by atoms with Crippen molar-refractivity contribution in [3.63, 3.8) is 0 Å². The standard InChI is InChI=1S/C26H19Cl2N5O/c27-20-11-6-17(7-12-20)8-15-24(34)30-25-31-26-29-22(18-9-13-21(28)14-10-18)16-23(33(26)32-25)19-4-2-1-3-5-19/h1-16,23H,(H2,29,30,31,32,34)/b15-8+/t23-/m0/s1. The molecule has 4 aromatic rings. The number of rotatable bonds is 5. The first-order chi connectivity index (χ1) is 16.5. The Hall–Kier alpha value is -3.87. The molecular weight excluding hydrogens is 469 g/mol. The first-order valence-corrected chi connectivity index (χ1v) is 11.3. The van der Waals surface area contributed by atoms with Crippen molar-refractivity contribution in [1.29, 1.82) is 0 Å². The van der Waals surface area contributed by atoms with Gasteiger partial charge in [-0.1, -0.05) is 77.8 Å². The molecule has 1 aliphatic heterocycles. The number of halogens is 2. The molecule has 8 heteroatoms. The normalized spacial score (nSPS) is 14.9. The van der Waals surface area contributed by atoms with Gasteiger partial charge in [0.25, 0.3) is 11.9 Å². The van der Waals surface area contributed by atoms with E-state index in [0.29, 0.717) is 16.0 Å². The van der Waals surface area contributed by atoms with Gasteiger partial charge in [0.1, 0.15) is 6.04 Å². The number of hydrogen-bond donors (Lipinski definition) is 2. The molecule has 2 N–H and O–H groups in total. The van der Waals surface area contributed by atoms with Gasteiger partial charge in [-0.25, -0.2) is 4.68 Å². The minimum absolute atomic E-state index is 0.203. The van der Waals surface area contributed by atoms with Crippen molar-refractivity contribution in [3.8, 4) is 0 Å². The Kier molecular flexibility index (Phi) is 6.16. The van der Waals surface area contributed by atoms with Crippen molar-refractivity contribution < 1.29 is 4.79 Å². The highest BCUT2D eigenvalue weighted by Crippen LogP contribution is 2.33. The molecule has 34 heavy (non-hydrogen) atoms. The first-order valence-electron chi connectivity index (χ1n) is 10.6. The largest absolute Gasteiger partial charge is 0.324 e. The highest BCUT2D eigenvalue weighted by atomic mass is 35.5. The Morgan fingerprint density at radius 1 is 0.941 bits per heavy atom. The Morgan fingerprint density at radius 2 is 1.62 bits per heavy atom. The molecule has 2 heterocycles. The average molecular weight is 488 g/mol. The van der Waals surface area contributed by atoms with Crippen LogP contribution in [0.2, 0.25) is 10.0 Å². The number of carbonyl (C=O) groups excluding carboxylic acids is 1. The van der Waals surface area contributed by atoms with Crippen LogP contribution < -0.4 is 10.6 Å². The fraction of sp³-hybridized carbons (Fsp3) is 0.0385. The van der Waals surface area contributed by atoms with Gasteiger partial charge in [0, 0.05) is 21.8 Å². The van der Waals surface area contributed by atoms with Gasteiger partial charge in [0.05, 0.1) is 0 Å². The minimum Gasteiger partial charge on any atom is -0.324 e. The summed E-state index contributed by atoms with van der Waals surface area (Å²) in [7, 11) is 0. The Bertz CT molecular complexity index is 1380. The third-order valence-electron chi connectivity index (χ3n) is 5.29. The lowest BCUT2D eigenvalue weighted by atomic mass is 10.0. The SMILES string of the molecule is O=C(/C=C/c1ccc(Cl)cc1)Nc1nc2n(n1)[C@H](c1ccccc1)C=C(c1ccc(Cl)cc1)N2. The van der Waals surface area contributed by atoms with E-state index in [-0.39, 0.29) is 17.9 Å². The number of nitrogens with one attached hydrogen (secondary N) is 2. The van der Waals surface area contributed by atoms with E-state index >= 15 is 0 Å². The third kappa shape index (κ3) is 4.88. The molecule has 6 nitrogen and oxygen atoms in total. The molecule has 0 unspecified atom stereocenters. The zero-order valence-electron chi connectivity index (χ0n) is 17.8. The predicted molar refractivity (Wildman–Crippen MR) is 137 cm³/mol. The van der Waals surface area contributed by atoms with Crippen LogP contribution in [0.1, 0.15) is 22.7 Å². The van der Waals surface area contributed by atoms with Crippen LogP contribution >= 0.6 is 23.2 Å². The van der Waals surface area contributed by atoms with E-state index in [9.17, 15) is 4.79 Å². The molecule has 0 aliphatic carbocycles. The lowest BCUT2D eigenvalue weighted by molar-refractivity contribution is -0.111. The number of aromatic nitrogens is 3. The molecule has 0 saturated carbocycles. The van der Waals surface area contributed by atoms with Crippen molar-refractivity contribution in [1.82, 2.24) is 14.8 Å². The van der Waals surface area contributed by atoms with E-state index in [1.807, 2.05) is 66.7 Å². The van der Waals surface area contributed by atoms with E-state index in [0.717, 1.165) is 22.4 Å². The number of allylic oxidation sites excluding steroid dienone is 1. The van der Waals surface area contributed by atoms with Gasteiger partial charge in [-0.15, -0.1) is 5.10 Å². The zero-order valence-corrected chi connectivity index (χ0v) is 19.3. The summed E-state index contributed by atoms with van der Waals surface area (Å²) >= 11 is 12.0. The number of anilines is 2. The smallest absolute Gasteiger partial charge is 0.250 e. The van der Waals surface area contributed by atoms with Crippen molar-refractivity contribution in [2.75, 3.05) is 10.6 Å². The molecule has 0 bridgehead atoms. The minimum atomic E-state index is -0.333. The lowest BCUT2D eigenvalue weighted by Crippen LogP contribution is -2.20. The van der Waals surface area contributed by atoms with Gasteiger partial charge in [0.2, 0.25) is 5.95 Å². The van der Waals surface area contributed by atoms with Crippen LogP contribution in [0.4, 0.5) is 11.9 Å². The average Bonchev–Trinajstić information content (AvgIpc) is 3.26. The van der Waals surface area contributed by atoms with Crippen LogP contribution in [0.25, 0.3) is 11.8 Å². The quantitative estimate of drug-likeness (QED) is 0.324. The first kappa shape index (κ1) is 21.9. The van der Waals surface area contributed by atoms with Crippen LogP contribution in [0.3, 0.4) is 0 Å². The molecule has 3 aromatic carbocycles. The maximum atomic E-state index is 12.5. The molecule has 1 aliphatic rings. The molecular formula is C26H19Cl2N5O. The van der Waals surface area contributed by atoms with Crippen LogP contribution in [-0.2, 0) is 4.79 Å². The van der Waals surface area contributed by atoms with E-state index in [4.69, 9.17) is 23.2 Å². The molecule has 1 aromatic heterocycles. The van der Waals surface area contributed by atoms with Gasteiger partial charge >= 0.3 is 0 Å². The monoisotopic (exact) mass is 487 g/mol. The Balaban J connectivity index is 1.41. The molecule has 5 rings (SSSR count). The van der Waals surface area contributed by atoms with Gasteiger partial charge in [-0.3, -0.25) is 10.1 Å². The molecule has 0 fully saturated rings. The van der Waals surface area contributed by atoms with Gasteiger partial charge < -0.3 is 5.32 Å². The fourth-order valence-electron chi connectivity index (χ4n) is 3.63. The second kappa shape index (κ2) is 9.55. The Morgan fingerprint density at radius 3 is 2.32 bits per heavy atom. The zero-order chi connectivity index (χ0) is 23.5. The Labute approximate surface area is 206 Å². The number of fused-ring (bicyclic) bond motifs is 1. The van der Waals surface area contributed by atoms with E-state index in [1.165, 1.54) is 6.08 Å². The number of carbonyl (C=O) groups is 1. The molecule has 168 valence electrons. The summed E-state index contributed by atoms with van der Waals surface area (Å²) in [5, 5.41) is 11.9. The molecule has 0 spiro atoms. The van der Waals surface area contributed by atoms with Crippen LogP contribution in [0.15, 0.2) is 91.0 Å². The number of amides is 1. The summed E-state index contributed by atoms with van der Waals surface area (Å²) < 4.78 is 1.76. The molecule has 1 atom stereocenters. The van der Waals surface area contributed by atoms with E-state index < -0.39 is 0 Å². The van der Waals surface area contributed by atoms with E-state index in [1.54, 1.807) is 22.9 Å². The fourth-order valence-corrected chi connectivity index (χ4v) is 3.88. The van der Waals surface area contributed by atoms with Gasteiger partial charge in [0.15, 0.2) is 0 Å². The maximum Gasteiger partial charge on any atom is 0.250 e. The van der Waals surface area contributed by atoms with Crippen molar-refractivity contribution in [2.24, 2.45) is 0 Å².